The van der Waals surface area contributed by atoms with Gasteiger partial charge in [0.1, 0.15) is 11.6 Å². The molecule has 0 radical (unpaired) electrons. The third-order valence-electron chi connectivity index (χ3n) is 3.96. The van der Waals surface area contributed by atoms with E-state index in [-0.39, 0.29) is 18.1 Å². The monoisotopic (exact) mass is 405 g/mol. The highest BCUT2D eigenvalue weighted by molar-refractivity contribution is 6.03. The number of carbonyl (C=O) groups is 1. The summed E-state index contributed by atoms with van der Waals surface area (Å²) < 4.78 is 49.6. The molecule has 0 spiro atoms. The Hall–Kier alpha value is -3.49. The number of ether oxygens (including phenoxy) is 2. The Morgan fingerprint density at radius 1 is 1.14 bits per heavy atom. The van der Waals surface area contributed by atoms with Gasteiger partial charge in [0.15, 0.2) is 18.2 Å². The molecule has 0 bridgehead atoms. The maximum absolute atomic E-state index is 13.3. The van der Waals surface area contributed by atoms with Gasteiger partial charge in [0.2, 0.25) is 0 Å². The van der Waals surface area contributed by atoms with Gasteiger partial charge >= 0.3 is 6.61 Å². The summed E-state index contributed by atoms with van der Waals surface area (Å²) in [7, 11) is 0. The first-order valence-corrected chi connectivity index (χ1v) is 8.61. The summed E-state index contributed by atoms with van der Waals surface area (Å²) in [6.45, 7) is 0.821. The van der Waals surface area contributed by atoms with Gasteiger partial charge in [0, 0.05) is 12.3 Å². The molecule has 1 aromatic heterocycles. The van der Waals surface area contributed by atoms with Gasteiger partial charge in [-0.2, -0.15) is 13.9 Å². The second kappa shape index (κ2) is 8.68. The number of nitrogens with zero attached hydrogens (tertiary/aromatic N) is 2. The van der Waals surface area contributed by atoms with Crippen LogP contribution in [0.3, 0.4) is 0 Å². The van der Waals surface area contributed by atoms with Crippen LogP contribution in [0.15, 0.2) is 48.7 Å². The lowest BCUT2D eigenvalue weighted by atomic mass is 10.1. The van der Waals surface area contributed by atoms with E-state index in [2.05, 4.69) is 15.2 Å². The summed E-state index contributed by atoms with van der Waals surface area (Å²) in [6.07, 6.45) is 1.54. The molecule has 3 aromatic rings. The molecule has 0 aliphatic heterocycles. The van der Waals surface area contributed by atoms with E-state index in [9.17, 15) is 18.0 Å². The van der Waals surface area contributed by atoms with Gasteiger partial charge in [-0.15, -0.1) is 0 Å². The zero-order valence-electron chi connectivity index (χ0n) is 15.7. The maximum Gasteiger partial charge on any atom is 0.387 e. The lowest BCUT2D eigenvalue weighted by molar-refractivity contribution is -0.0495. The van der Waals surface area contributed by atoms with Crippen molar-refractivity contribution in [2.24, 2.45) is 0 Å². The van der Waals surface area contributed by atoms with Crippen LogP contribution in [-0.2, 0) is 6.73 Å². The maximum atomic E-state index is 13.3. The molecule has 0 saturated heterocycles. The predicted octanol–water partition coefficient (Wildman–Crippen LogP) is 4.53. The van der Waals surface area contributed by atoms with Crippen molar-refractivity contribution < 1.29 is 27.4 Å². The zero-order chi connectivity index (χ0) is 21.0. The summed E-state index contributed by atoms with van der Waals surface area (Å²) in [5, 5.41) is 6.47. The summed E-state index contributed by atoms with van der Waals surface area (Å²) in [4.78, 5) is 12.4. The third-order valence-corrected chi connectivity index (χ3v) is 3.96. The SMILES string of the molecule is Cc1ccc(OCn2ccc(C(=O)Nc3ccc(F)cc3OC(F)F)n2)c(C)c1. The molecule has 152 valence electrons. The van der Waals surface area contributed by atoms with Crippen LogP contribution in [0, 0.1) is 19.7 Å². The molecule has 0 atom stereocenters. The fourth-order valence-electron chi connectivity index (χ4n) is 2.63. The van der Waals surface area contributed by atoms with E-state index in [0.29, 0.717) is 5.75 Å². The number of benzene rings is 2. The minimum Gasteiger partial charge on any atom is -0.471 e. The number of aromatic nitrogens is 2. The average molecular weight is 405 g/mol. The quantitative estimate of drug-likeness (QED) is 0.627. The minimum atomic E-state index is -3.16. The van der Waals surface area contributed by atoms with E-state index in [0.717, 1.165) is 29.3 Å². The average Bonchev–Trinajstić information content (AvgIpc) is 3.12. The number of anilines is 1. The summed E-state index contributed by atoms with van der Waals surface area (Å²) in [5.74, 6) is -1.23. The van der Waals surface area contributed by atoms with Gasteiger partial charge < -0.3 is 14.8 Å². The second-order valence-corrected chi connectivity index (χ2v) is 6.26. The van der Waals surface area contributed by atoms with Crippen LogP contribution in [-0.4, -0.2) is 22.3 Å². The highest BCUT2D eigenvalue weighted by Gasteiger charge is 2.16. The third kappa shape index (κ3) is 5.28. The highest BCUT2D eigenvalue weighted by Crippen LogP contribution is 2.27. The van der Waals surface area contributed by atoms with Gasteiger partial charge in [-0.3, -0.25) is 4.79 Å². The molecule has 0 aliphatic carbocycles. The Kier molecular flexibility index (Phi) is 6.06. The van der Waals surface area contributed by atoms with Crippen molar-refractivity contribution in [1.29, 1.82) is 0 Å². The summed E-state index contributed by atoms with van der Waals surface area (Å²) >= 11 is 0. The first kappa shape index (κ1) is 20.2. The number of hydrogen-bond acceptors (Lipinski definition) is 4. The molecule has 29 heavy (non-hydrogen) atoms. The zero-order valence-corrected chi connectivity index (χ0v) is 15.7. The fraction of sp³-hybridized carbons (Fsp3) is 0.200. The second-order valence-electron chi connectivity index (χ2n) is 6.26. The number of hydrogen-bond donors (Lipinski definition) is 1. The number of amides is 1. The Morgan fingerprint density at radius 2 is 1.93 bits per heavy atom. The van der Waals surface area contributed by atoms with Crippen LogP contribution in [0.4, 0.5) is 18.9 Å². The van der Waals surface area contributed by atoms with Crippen molar-refractivity contribution in [2.45, 2.75) is 27.2 Å². The lowest BCUT2D eigenvalue weighted by Crippen LogP contribution is -2.16. The Balaban J connectivity index is 1.66. The molecule has 9 heteroatoms. The fourth-order valence-corrected chi connectivity index (χ4v) is 2.63. The lowest BCUT2D eigenvalue weighted by Gasteiger charge is -2.11. The molecule has 1 N–H and O–H groups in total. The standard InChI is InChI=1S/C20H18F3N3O3/c1-12-3-6-17(13(2)9-12)28-11-26-8-7-16(25-26)19(27)24-15-5-4-14(21)10-18(15)29-20(22)23/h3-10,20H,11H2,1-2H3,(H,24,27). The Morgan fingerprint density at radius 3 is 2.66 bits per heavy atom. The molecule has 6 nitrogen and oxygen atoms in total. The van der Waals surface area contributed by atoms with Gasteiger partial charge in [-0.05, 0) is 43.7 Å². The topological polar surface area (TPSA) is 65.4 Å². The number of aryl methyl sites for hydroxylation is 2. The number of carbonyl (C=O) groups excluding carboxylic acids is 1. The van der Waals surface area contributed by atoms with Crippen LogP contribution in [0.1, 0.15) is 21.6 Å². The molecule has 3 rings (SSSR count). The number of rotatable bonds is 7. The van der Waals surface area contributed by atoms with Crippen molar-refractivity contribution in [3.05, 3.63) is 71.3 Å². The Bertz CT molecular complexity index is 1020. The van der Waals surface area contributed by atoms with Crippen molar-refractivity contribution >= 4 is 11.6 Å². The van der Waals surface area contributed by atoms with E-state index in [1.54, 1.807) is 6.20 Å². The van der Waals surface area contributed by atoms with Gasteiger partial charge in [-0.1, -0.05) is 17.7 Å². The smallest absolute Gasteiger partial charge is 0.387 e. The first-order valence-electron chi connectivity index (χ1n) is 8.61. The molecular formula is C20H18F3N3O3. The molecule has 0 aliphatic rings. The van der Waals surface area contributed by atoms with E-state index in [1.165, 1.54) is 10.7 Å². The van der Waals surface area contributed by atoms with Crippen molar-refractivity contribution in [1.82, 2.24) is 9.78 Å². The van der Waals surface area contributed by atoms with Crippen LogP contribution in [0.2, 0.25) is 0 Å². The number of alkyl halides is 2. The summed E-state index contributed by atoms with van der Waals surface area (Å²) in [5.41, 5.74) is 2.02. The molecule has 1 amide bonds. The van der Waals surface area contributed by atoms with Crippen LogP contribution in [0.25, 0.3) is 0 Å². The summed E-state index contributed by atoms with van der Waals surface area (Å²) in [6, 6.07) is 10.1. The van der Waals surface area contributed by atoms with Crippen LogP contribution in [0.5, 0.6) is 11.5 Å². The normalized spacial score (nSPS) is 10.8. The van der Waals surface area contributed by atoms with E-state index < -0.39 is 24.1 Å². The first-order chi connectivity index (χ1) is 13.8. The van der Waals surface area contributed by atoms with E-state index in [1.807, 2.05) is 32.0 Å². The van der Waals surface area contributed by atoms with Gasteiger partial charge in [0.05, 0.1) is 5.69 Å². The van der Waals surface area contributed by atoms with E-state index >= 15 is 0 Å². The largest absolute Gasteiger partial charge is 0.471 e. The molecule has 0 fully saturated rings. The minimum absolute atomic E-state index is 0.0292. The molecule has 0 saturated carbocycles. The molecule has 1 heterocycles. The van der Waals surface area contributed by atoms with Crippen molar-refractivity contribution in [2.75, 3.05) is 5.32 Å². The Labute approximate surface area is 164 Å². The van der Waals surface area contributed by atoms with Gasteiger partial charge in [-0.25, -0.2) is 9.07 Å². The van der Waals surface area contributed by atoms with Crippen molar-refractivity contribution in [3.8, 4) is 11.5 Å². The molecule has 2 aromatic carbocycles. The highest BCUT2D eigenvalue weighted by atomic mass is 19.3. The van der Waals surface area contributed by atoms with Crippen molar-refractivity contribution in [3.63, 3.8) is 0 Å². The van der Waals surface area contributed by atoms with Gasteiger partial charge in [0.25, 0.3) is 5.91 Å². The predicted molar refractivity (Wildman–Crippen MR) is 99.8 cm³/mol. The number of nitrogens with one attached hydrogen (secondary N) is 1. The van der Waals surface area contributed by atoms with E-state index in [4.69, 9.17) is 4.74 Å². The molecular weight excluding hydrogens is 387 g/mol. The van der Waals surface area contributed by atoms with Crippen LogP contribution < -0.4 is 14.8 Å². The molecule has 0 unspecified atom stereocenters. The van der Waals surface area contributed by atoms with Crippen LogP contribution >= 0.6 is 0 Å². The number of halogens is 3.